The number of halogens is 2. The minimum absolute atomic E-state index is 0.00830. The summed E-state index contributed by atoms with van der Waals surface area (Å²) in [5, 5.41) is 4.47. The lowest BCUT2D eigenvalue weighted by Gasteiger charge is -2.30. The third-order valence-corrected chi connectivity index (χ3v) is 8.55. The molecule has 4 heterocycles. The van der Waals surface area contributed by atoms with Gasteiger partial charge < -0.3 is 14.0 Å². The van der Waals surface area contributed by atoms with Crippen LogP contribution in [0.15, 0.2) is 58.0 Å². The van der Waals surface area contributed by atoms with Crippen LogP contribution in [-0.2, 0) is 24.1 Å². The predicted octanol–water partition coefficient (Wildman–Crippen LogP) is 5.52. The van der Waals surface area contributed by atoms with Gasteiger partial charge >= 0.3 is 5.76 Å². The highest BCUT2D eigenvalue weighted by atomic mass is 35.5. The Kier molecular flexibility index (Phi) is 7.67. The number of rotatable bonds is 9. The summed E-state index contributed by atoms with van der Waals surface area (Å²) in [6.45, 7) is 1.53. The average molecular weight is 605 g/mol. The van der Waals surface area contributed by atoms with Gasteiger partial charge in [0, 0.05) is 30.0 Å². The number of nitrogens with zero attached hydrogens (tertiary/aromatic N) is 5. The number of H-pyrrole nitrogens is 1. The number of hydrogen-bond acceptors (Lipinski definition) is 8. The van der Waals surface area contributed by atoms with Crippen molar-refractivity contribution in [2.24, 2.45) is 5.92 Å². The Morgan fingerprint density at radius 1 is 1.07 bits per heavy atom. The van der Waals surface area contributed by atoms with Gasteiger partial charge in [-0.3, -0.25) is 9.51 Å². The van der Waals surface area contributed by atoms with Crippen LogP contribution in [0.5, 0.6) is 5.88 Å². The molecule has 2 aliphatic rings. The summed E-state index contributed by atoms with van der Waals surface area (Å²) < 4.78 is 33.3. The van der Waals surface area contributed by atoms with Gasteiger partial charge in [0.05, 0.1) is 29.9 Å². The number of aromatic amines is 1. The zero-order valence-electron chi connectivity index (χ0n) is 23.3. The Morgan fingerprint density at radius 2 is 1.88 bits per heavy atom. The van der Waals surface area contributed by atoms with Gasteiger partial charge in [-0.15, -0.1) is 0 Å². The van der Waals surface area contributed by atoms with E-state index in [0.29, 0.717) is 29.0 Å². The van der Waals surface area contributed by atoms with Crippen molar-refractivity contribution in [1.82, 2.24) is 29.7 Å². The lowest BCUT2D eigenvalue weighted by Crippen LogP contribution is -2.32. The van der Waals surface area contributed by atoms with E-state index in [4.69, 9.17) is 26.1 Å². The molecule has 43 heavy (non-hydrogen) atoms. The maximum Gasteiger partial charge on any atom is 0.439 e. The molecule has 1 saturated carbocycles. The molecule has 2 aromatic carbocycles. The summed E-state index contributed by atoms with van der Waals surface area (Å²) in [5.41, 5.74) is 3.58. The molecule has 222 valence electrons. The lowest BCUT2D eigenvalue weighted by molar-refractivity contribution is -0.0590. The second-order valence-electron chi connectivity index (χ2n) is 11.3. The van der Waals surface area contributed by atoms with E-state index < -0.39 is 11.6 Å². The zero-order valence-corrected chi connectivity index (χ0v) is 24.1. The van der Waals surface area contributed by atoms with E-state index in [1.165, 1.54) is 6.20 Å². The highest BCUT2D eigenvalue weighted by Crippen LogP contribution is 2.32. The molecule has 2 fully saturated rings. The number of hydrogen-bond donors (Lipinski definition) is 1. The van der Waals surface area contributed by atoms with Crippen LogP contribution in [0.3, 0.4) is 0 Å². The number of benzene rings is 2. The van der Waals surface area contributed by atoms with E-state index >= 15 is 0 Å². The SMILES string of the molecule is O=c1[nH]c(-c2ccc3c(c2)nc(CC2CCC(Oc4nc(Cc5ccc(Cl)cc5)ncc4F)CC2)n3C[C@@H]2CCO2)no1. The number of imidazole rings is 1. The molecule has 12 heteroatoms. The van der Waals surface area contributed by atoms with Crippen molar-refractivity contribution in [1.29, 1.82) is 0 Å². The van der Waals surface area contributed by atoms with E-state index in [2.05, 4.69) is 29.2 Å². The van der Waals surface area contributed by atoms with Gasteiger partial charge in [0.15, 0.2) is 5.82 Å². The second-order valence-corrected chi connectivity index (χ2v) is 11.7. The minimum atomic E-state index is -0.594. The molecule has 1 N–H and O–H groups in total. The van der Waals surface area contributed by atoms with Crippen molar-refractivity contribution in [2.45, 2.75) is 63.7 Å². The largest absolute Gasteiger partial charge is 0.472 e. The molecule has 1 aliphatic carbocycles. The normalized spacial score (nSPS) is 20.3. The third-order valence-electron chi connectivity index (χ3n) is 8.30. The molecule has 0 unspecified atom stereocenters. The minimum Gasteiger partial charge on any atom is -0.472 e. The smallest absolute Gasteiger partial charge is 0.439 e. The molecule has 1 saturated heterocycles. The summed E-state index contributed by atoms with van der Waals surface area (Å²) in [4.78, 5) is 27.6. The predicted molar refractivity (Wildman–Crippen MR) is 157 cm³/mol. The molecule has 1 atom stereocenters. The topological polar surface area (TPSA) is 121 Å². The van der Waals surface area contributed by atoms with Crippen LogP contribution >= 0.6 is 11.6 Å². The number of ether oxygens (including phenoxy) is 2. The lowest BCUT2D eigenvalue weighted by atomic mass is 9.85. The van der Waals surface area contributed by atoms with E-state index in [1.54, 1.807) is 0 Å². The van der Waals surface area contributed by atoms with Gasteiger partial charge in [-0.1, -0.05) is 28.9 Å². The maximum absolute atomic E-state index is 14.6. The van der Waals surface area contributed by atoms with Crippen LogP contribution in [0.4, 0.5) is 4.39 Å². The standard InChI is InChI=1S/C31H30ClFN6O4/c32-21-6-1-18(2-7-21)13-27-34-16-24(33)30(36-27)42-22-8-3-19(4-9-22)14-28-35-25-15-20(29-37-31(40)43-38-29)5-10-26(25)39(28)17-23-11-12-41-23/h1-2,5-7,10,15-16,19,22-23H,3-4,8-9,11-14,17H2,(H,37,38,40)/t19?,22?,23-/m0/s1. The maximum atomic E-state index is 14.6. The van der Waals surface area contributed by atoms with Crippen molar-refractivity contribution in [3.8, 4) is 17.3 Å². The fraction of sp³-hybridized carbons (Fsp3) is 0.387. The van der Waals surface area contributed by atoms with Gasteiger partial charge in [0.1, 0.15) is 17.8 Å². The summed E-state index contributed by atoms with van der Waals surface area (Å²) in [5.74, 6) is 1.16. The van der Waals surface area contributed by atoms with Crippen LogP contribution in [-0.4, -0.2) is 48.5 Å². The average Bonchev–Trinajstić information content (AvgIpc) is 3.57. The second kappa shape index (κ2) is 11.9. The highest BCUT2D eigenvalue weighted by molar-refractivity contribution is 6.30. The van der Waals surface area contributed by atoms with E-state index in [1.807, 2.05) is 42.5 Å². The Labute approximate surface area is 251 Å². The molecule has 0 spiro atoms. The van der Waals surface area contributed by atoms with E-state index in [-0.39, 0.29) is 18.1 Å². The molecule has 7 rings (SSSR count). The molecular weight excluding hydrogens is 575 g/mol. The molecule has 3 aromatic heterocycles. The first-order valence-corrected chi connectivity index (χ1v) is 14.9. The molecule has 10 nitrogen and oxygen atoms in total. The van der Waals surface area contributed by atoms with Crippen molar-refractivity contribution >= 4 is 22.6 Å². The first-order valence-electron chi connectivity index (χ1n) is 14.6. The molecule has 1 aliphatic heterocycles. The first-order chi connectivity index (χ1) is 21.0. The Morgan fingerprint density at radius 3 is 2.60 bits per heavy atom. The highest BCUT2D eigenvalue weighted by Gasteiger charge is 2.28. The van der Waals surface area contributed by atoms with Crippen molar-refractivity contribution < 1.29 is 18.4 Å². The van der Waals surface area contributed by atoms with Gasteiger partial charge in [0.25, 0.3) is 5.88 Å². The first kappa shape index (κ1) is 27.7. The summed E-state index contributed by atoms with van der Waals surface area (Å²) >= 11 is 5.98. The van der Waals surface area contributed by atoms with E-state index in [9.17, 15) is 9.18 Å². The van der Waals surface area contributed by atoms with E-state index in [0.717, 1.165) is 79.7 Å². The fourth-order valence-corrected chi connectivity index (χ4v) is 6.01. The molecule has 5 aromatic rings. The van der Waals surface area contributed by atoms with Crippen LogP contribution in [0.1, 0.15) is 49.3 Å². The Hall–Kier alpha value is -4.09. The number of nitrogens with one attached hydrogen (secondary N) is 1. The Balaban J connectivity index is 1.02. The molecule has 0 bridgehead atoms. The molecule has 0 radical (unpaired) electrons. The van der Waals surface area contributed by atoms with Crippen LogP contribution < -0.4 is 10.5 Å². The van der Waals surface area contributed by atoms with Gasteiger partial charge in [-0.2, -0.15) is 9.37 Å². The molecule has 0 amide bonds. The van der Waals surface area contributed by atoms with Gasteiger partial charge in [-0.25, -0.2) is 14.8 Å². The molecular formula is C31H30ClFN6O4. The summed E-state index contributed by atoms with van der Waals surface area (Å²) in [6.07, 6.45) is 7.03. The number of fused-ring (bicyclic) bond motifs is 1. The van der Waals surface area contributed by atoms with Gasteiger partial charge in [-0.05, 0) is 73.9 Å². The van der Waals surface area contributed by atoms with Crippen LogP contribution in [0.2, 0.25) is 5.02 Å². The van der Waals surface area contributed by atoms with Gasteiger partial charge in [0.2, 0.25) is 5.82 Å². The third kappa shape index (κ3) is 6.18. The summed E-state index contributed by atoms with van der Waals surface area (Å²) in [6, 6.07) is 13.3. The Bertz CT molecular complexity index is 1790. The van der Waals surface area contributed by atoms with Crippen molar-refractivity contribution in [2.75, 3.05) is 6.61 Å². The monoisotopic (exact) mass is 604 g/mol. The van der Waals surface area contributed by atoms with Crippen LogP contribution in [0.25, 0.3) is 22.4 Å². The fourth-order valence-electron chi connectivity index (χ4n) is 5.88. The van der Waals surface area contributed by atoms with Crippen molar-refractivity contribution in [3.05, 3.63) is 87.3 Å². The van der Waals surface area contributed by atoms with Crippen molar-refractivity contribution in [3.63, 3.8) is 0 Å². The number of aromatic nitrogens is 6. The zero-order chi connectivity index (χ0) is 29.3. The summed E-state index contributed by atoms with van der Waals surface area (Å²) in [7, 11) is 0. The van der Waals surface area contributed by atoms with Crippen LogP contribution in [0, 0.1) is 11.7 Å². The quantitative estimate of drug-likeness (QED) is 0.233.